The van der Waals surface area contributed by atoms with Crippen LogP contribution in [0.5, 0.6) is 0 Å². The van der Waals surface area contributed by atoms with Gasteiger partial charge in [-0.3, -0.25) is 0 Å². The maximum Gasteiger partial charge on any atom is 0.434 e. The number of hydrogen-bond acceptors (Lipinski definition) is 1. The molecule has 1 atom stereocenters. The molecule has 0 radical (unpaired) electrons. The summed E-state index contributed by atoms with van der Waals surface area (Å²) < 4.78 is 98.0. The van der Waals surface area contributed by atoms with E-state index in [4.69, 9.17) is 5.11 Å². The Morgan fingerprint density at radius 3 is 1.59 bits per heavy atom. The molecule has 100 valence electrons. The van der Waals surface area contributed by atoms with Crippen molar-refractivity contribution in [2.75, 3.05) is 0 Å². The fourth-order valence-electron chi connectivity index (χ4n) is 0.793. The summed E-state index contributed by atoms with van der Waals surface area (Å²) in [5, 5.41) is 7.97. The predicted octanol–water partition coefficient (Wildman–Crippen LogP) is 2.80. The van der Waals surface area contributed by atoms with Gasteiger partial charge in [0.05, 0.1) is 0 Å². The molecular formula is C7H4F8O2. The van der Waals surface area contributed by atoms with Crippen molar-refractivity contribution in [3.05, 3.63) is 12.2 Å². The summed E-state index contributed by atoms with van der Waals surface area (Å²) in [5.41, 5.74) is -8.92. The molecule has 0 aliphatic carbocycles. The van der Waals surface area contributed by atoms with Crippen LogP contribution < -0.4 is 0 Å². The summed E-state index contributed by atoms with van der Waals surface area (Å²) in [7, 11) is 0. The van der Waals surface area contributed by atoms with Gasteiger partial charge in [-0.1, -0.05) is 6.58 Å². The summed E-state index contributed by atoms with van der Waals surface area (Å²) in [5.74, 6) is -8.72. The molecule has 0 aromatic heterocycles. The molecule has 0 aliphatic rings. The van der Waals surface area contributed by atoms with E-state index in [-0.39, 0.29) is 0 Å². The van der Waals surface area contributed by atoms with Crippen molar-refractivity contribution < 1.29 is 45.0 Å². The van der Waals surface area contributed by atoms with E-state index in [0.29, 0.717) is 0 Å². The maximum absolute atomic E-state index is 12.9. The molecule has 0 saturated heterocycles. The molecule has 0 amide bonds. The lowest BCUT2D eigenvalue weighted by atomic mass is 9.91. The molecule has 0 aromatic rings. The normalized spacial score (nSPS) is 16.8. The Morgan fingerprint density at radius 1 is 1.06 bits per heavy atom. The monoisotopic (exact) mass is 272 g/mol. The third kappa shape index (κ3) is 2.20. The molecule has 0 rings (SSSR count). The van der Waals surface area contributed by atoms with Crippen LogP contribution in [0.25, 0.3) is 0 Å². The highest BCUT2D eigenvalue weighted by Gasteiger charge is 2.78. The Balaban J connectivity index is 5.81. The van der Waals surface area contributed by atoms with Crippen molar-refractivity contribution in [2.24, 2.45) is 0 Å². The van der Waals surface area contributed by atoms with E-state index in [1.807, 2.05) is 6.58 Å². The van der Waals surface area contributed by atoms with E-state index in [9.17, 15) is 39.9 Å². The number of halogens is 8. The van der Waals surface area contributed by atoms with Crippen LogP contribution in [0.15, 0.2) is 12.2 Å². The van der Waals surface area contributed by atoms with Gasteiger partial charge in [-0.05, 0) is 0 Å². The molecule has 0 aromatic carbocycles. The second kappa shape index (κ2) is 4.15. The molecule has 10 heteroatoms. The molecule has 1 N–H and O–H groups in total. The van der Waals surface area contributed by atoms with Gasteiger partial charge in [0.25, 0.3) is 6.43 Å². The van der Waals surface area contributed by atoms with Crippen LogP contribution in [0, 0.1) is 0 Å². The summed E-state index contributed by atoms with van der Waals surface area (Å²) in [4.78, 5) is 9.98. The molecule has 0 fully saturated rings. The van der Waals surface area contributed by atoms with Gasteiger partial charge in [-0.2, -0.15) is 22.0 Å². The van der Waals surface area contributed by atoms with E-state index in [0.717, 1.165) is 0 Å². The third-order valence-corrected chi connectivity index (χ3v) is 1.81. The molecule has 17 heavy (non-hydrogen) atoms. The highest BCUT2D eigenvalue weighted by molar-refractivity contribution is 5.88. The standard InChI is InChI=1S/C7H4F8O2/c1-2(3(16)17)6(11,12)5(10,4(8)9)7(13,14)15/h4H,1H2,(H,16,17). The van der Waals surface area contributed by atoms with Crippen LogP contribution >= 0.6 is 0 Å². The van der Waals surface area contributed by atoms with Gasteiger partial charge in [0.2, 0.25) is 0 Å². The lowest BCUT2D eigenvalue weighted by Gasteiger charge is -2.33. The van der Waals surface area contributed by atoms with E-state index < -0.39 is 35.7 Å². The highest BCUT2D eigenvalue weighted by atomic mass is 19.4. The summed E-state index contributed by atoms with van der Waals surface area (Å²) >= 11 is 0. The van der Waals surface area contributed by atoms with E-state index >= 15 is 0 Å². The Hall–Kier alpha value is -1.35. The quantitative estimate of drug-likeness (QED) is 0.631. The van der Waals surface area contributed by atoms with Gasteiger partial charge < -0.3 is 5.11 Å². The lowest BCUT2D eigenvalue weighted by molar-refractivity contribution is -0.326. The molecular weight excluding hydrogens is 268 g/mol. The topological polar surface area (TPSA) is 37.3 Å². The third-order valence-electron chi connectivity index (χ3n) is 1.81. The Labute approximate surface area is 88.5 Å². The van der Waals surface area contributed by atoms with Gasteiger partial charge in [0, 0.05) is 0 Å². The molecule has 0 heterocycles. The number of rotatable bonds is 4. The van der Waals surface area contributed by atoms with Crippen LogP contribution in [-0.2, 0) is 4.79 Å². The smallest absolute Gasteiger partial charge is 0.434 e. The predicted molar refractivity (Wildman–Crippen MR) is 37.6 cm³/mol. The van der Waals surface area contributed by atoms with Gasteiger partial charge in [0.1, 0.15) is 5.57 Å². The Morgan fingerprint density at radius 2 is 1.41 bits per heavy atom. The first-order chi connectivity index (χ1) is 7.30. The number of aliphatic carboxylic acids is 1. The minimum Gasteiger partial charge on any atom is -0.478 e. The summed E-state index contributed by atoms with van der Waals surface area (Å²) in [6.07, 6.45) is -11.8. The molecule has 2 nitrogen and oxygen atoms in total. The molecule has 0 saturated carbocycles. The molecule has 1 unspecified atom stereocenters. The van der Waals surface area contributed by atoms with Gasteiger partial charge >= 0.3 is 23.7 Å². The minimum atomic E-state index is -6.66. The van der Waals surface area contributed by atoms with E-state index in [1.54, 1.807) is 0 Å². The highest BCUT2D eigenvalue weighted by Crippen LogP contribution is 2.51. The number of carboxylic acid groups (broad SMARTS) is 1. The SMILES string of the molecule is C=C(C(=O)O)C(F)(F)C(F)(C(F)F)C(F)(F)F. The first kappa shape index (κ1) is 15.6. The number of alkyl halides is 8. The number of carboxylic acids is 1. The van der Waals surface area contributed by atoms with Crippen molar-refractivity contribution in [3.8, 4) is 0 Å². The fraction of sp³-hybridized carbons (Fsp3) is 0.571. The van der Waals surface area contributed by atoms with Crippen LogP contribution in [0.1, 0.15) is 0 Å². The van der Waals surface area contributed by atoms with Crippen molar-refractivity contribution >= 4 is 5.97 Å². The average molecular weight is 272 g/mol. The van der Waals surface area contributed by atoms with Crippen LogP contribution in [-0.4, -0.2) is 35.3 Å². The summed E-state index contributed by atoms with van der Waals surface area (Å²) in [6.45, 7) is 1.97. The molecule has 0 bridgehead atoms. The van der Waals surface area contributed by atoms with Gasteiger partial charge in [-0.25, -0.2) is 18.0 Å². The Bertz CT molecular complexity index is 333. The van der Waals surface area contributed by atoms with Crippen molar-refractivity contribution in [1.29, 1.82) is 0 Å². The van der Waals surface area contributed by atoms with Crippen LogP contribution in [0.3, 0.4) is 0 Å². The number of carbonyl (C=O) groups is 1. The van der Waals surface area contributed by atoms with Crippen molar-refractivity contribution in [3.63, 3.8) is 0 Å². The fourth-order valence-corrected chi connectivity index (χ4v) is 0.793. The zero-order valence-corrected chi connectivity index (χ0v) is 7.66. The zero-order valence-electron chi connectivity index (χ0n) is 7.66. The van der Waals surface area contributed by atoms with Crippen LogP contribution in [0.4, 0.5) is 35.1 Å². The number of hydrogen-bond donors (Lipinski definition) is 1. The average Bonchev–Trinajstić information content (AvgIpc) is 2.12. The molecule has 0 spiro atoms. The second-order valence-corrected chi connectivity index (χ2v) is 2.87. The van der Waals surface area contributed by atoms with E-state index in [1.165, 1.54) is 0 Å². The zero-order chi connectivity index (χ0) is 14.2. The van der Waals surface area contributed by atoms with Crippen molar-refractivity contribution in [1.82, 2.24) is 0 Å². The molecule has 0 aliphatic heterocycles. The second-order valence-electron chi connectivity index (χ2n) is 2.87. The largest absolute Gasteiger partial charge is 0.478 e. The lowest BCUT2D eigenvalue weighted by Crippen LogP contribution is -2.61. The first-order valence-corrected chi connectivity index (χ1v) is 3.64. The van der Waals surface area contributed by atoms with E-state index in [2.05, 4.69) is 0 Å². The minimum absolute atomic E-state index is 1.97. The maximum atomic E-state index is 12.9. The van der Waals surface area contributed by atoms with Gasteiger partial charge in [0.15, 0.2) is 0 Å². The van der Waals surface area contributed by atoms with Crippen molar-refractivity contribution in [2.45, 2.75) is 24.2 Å². The van der Waals surface area contributed by atoms with Gasteiger partial charge in [-0.15, -0.1) is 0 Å². The van der Waals surface area contributed by atoms with Crippen LogP contribution in [0.2, 0.25) is 0 Å². The first-order valence-electron chi connectivity index (χ1n) is 3.64. The summed E-state index contributed by atoms with van der Waals surface area (Å²) in [6, 6.07) is 0. The Kier molecular flexibility index (Phi) is 3.82.